The number of nitrogens with one attached hydrogen (secondary N) is 1. The van der Waals surface area contributed by atoms with Gasteiger partial charge in [-0.2, -0.15) is 0 Å². The molecule has 0 saturated carbocycles. The van der Waals surface area contributed by atoms with Crippen molar-refractivity contribution in [1.29, 1.82) is 0 Å². The molecule has 1 aliphatic rings. The van der Waals surface area contributed by atoms with E-state index in [1.807, 2.05) is 67.3 Å². The summed E-state index contributed by atoms with van der Waals surface area (Å²) in [5, 5.41) is 2.87. The van der Waals surface area contributed by atoms with Gasteiger partial charge < -0.3 is 10.2 Å². The lowest BCUT2D eigenvalue weighted by Gasteiger charge is -2.19. The van der Waals surface area contributed by atoms with Crippen molar-refractivity contribution in [2.45, 2.75) is 26.7 Å². The Bertz CT molecular complexity index is 840. The molecule has 0 bridgehead atoms. The molecule has 1 heterocycles. The molecule has 0 aliphatic carbocycles. The lowest BCUT2D eigenvalue weighted by Crippen LogP contribution is -2.24. The van der Waals surface area contributed by atoms with Gasteiger partial charge in [0.2, 0.25) is 11.8 Å². The molecule has 3 rings (SSSR count). The first-order valence-corrected chi connectivity index (χ1v) is 8.50. The van der Waals surface area contributed by atoms with Crippen LogP contribution in [0.15, 0.2) is 48.5 Å². The molecule has 25 heavy (non-hydrogen) atoms. The van der Waals surface area contributed by atoms with Gasteiger partial charge in [0.25, 0.3) is 0 Å². The van der Waals surface area contributed by atoms with Crippen LogP contribution < -0.4 is 10.2 Å². The van der Waals surface area contributed by atoms with Crippen molar-refractivity contribution in [1.82, 2.24) is 0 Å². The number of hydrogen-bond acceptors (Lipinski definition) is 2. The van der Waals surface area contributed by atoms with Crippen LogP contribution in [0.4, 0.5) is 11.4 Å². The Kier molecular flexibility index (Phi) is 4.98. The first-order valence-electron chi connectivity index (χ1n) is 8.50. The molecule has 1 saturated heterocycles. The molecule has 128 valence electrons. The molecule has 2 amide bonds. The second-order valence-corrected chi connectivity index (χ2v) is 6.33. The minimum absolute atomic E-state index is 0.168. The van der Waals surface area contributed by atoms with Crippen molar-refractivity contribution in [3.8, 4) is 0 Å². The van der Waals surface area contributed by atoms with Crippen LogP contribution in [0.25, 0.3) is 6.08 Å². The van der Waals surface area contributed by atoms with Gasteiger partial charge in [-0.05, 0) is 61.2 Å². The predicted molar refractivity (Wildman–Crippen MR) is 102 cm³/mol. The summed E-state index contributed by atoms with van der Waals surface area (Å²) in [6.07, 6.45) is 4.87. The van der Waals surface area contributed by atoms with Crippen LogP contribution in [0.1, 0.15) is 29.5 Å². The molecule has 4 heteroatoms. The van der Waals surface area contributed by atoms with E-state index in [0.717, 1.165) is 41.0 Å². The standard InChI is InChI=1S/C21H22N2O2/c1-15-6-3-4-7-17(15)9-12-20(24)22-18-10-11-19(16(2)14-18)23-13-5-8-21(23)25/h3-4,6-7,9-12,14H,5,8,13H2,1-2H3,(H,22,24)/b12-9+. The Balaban J connectivity index is 1.68. The quantitative estimate of drug-likeness (QED) is 0.857. The van der Waals surface area contributed by atoms with Gasteiger partial charge in [-0.25, -0.2) is 0 Å². The highest BCUT2D eigenvalue weighted by Crippen LogP contribution is 2.27. The third kappa shape index (κ3) is 3.97. The summed E-state index contributed by atoms with van der Waals surface area (Å²) in [7, 11) is 0. The Hall–Kier alpha value is -2.88. The summed E-state index contributed by atoms with van der Waals surface area (Å²) in [6.45, 7) is 4.74. The zero-order valence-corrected chi connectivity index (χ0v) is 14.6. The predicted octanol–water partition coefficient (Wildman–Crippen LogP) is 4.08. The van der Waals surface area contributed by atoms with E-state index in [-0.39, 0.29) is 11.8 Å². The summed E-state index contributed by atoms with van der Waals surface area (Å²) in [6, 6.07) is 13.6. The zero-order chi connectivity index (χ0) is 17.8. The van der Waals surface area contributed by atoms with E-state index in [1.54, 1.807) is 0 Å². The number of carbonyl (C=O) groups is 2. The summed E-state index contributed by atoms with van der Waals surface area (Å²) in [5.41, 5.74) is 4.79. The molecule has 0 spiro atoms. The fourth-order valence-corrected chi connectivity index (χ4v) is 3.06. The fourth-order valence-electron chi connectivity index (χ4n) is 3.06. The van der Waals surface area contributed by atoms with Crippen molar-refractivity contribution in [3.05, 3.63) is 65.2 Å². The fraction of sp³-hybridized carbons (Fsp3) is 0.238. The molecule has 0 radical (unpaired) electrons. The van der Waals surface area contributed by atoms with E-state index in [2.05, 4.69) is 5.32 Å². The summed E-state index contributed by atoms with van der Waals surface area (Å²) >= 11 is 0. The highest BCUT2D eigenvalue weighted by Gasteiger charge is 2.22. The molecule has 0 aromatic heterocycles. The second-order valence-electron chi connectivity index (χ2n) is 6.33. The van der Waals surface area contributed by atoms with E-state index in [9.17, 15) is 9.59 Å². The number of rotatable bonds is 4. The van der Waals surface area contributed by atoms with Crippen molar-refractivity contribution in [2.24, 2.45) is 0 Å². The first-order chi connectivity index (χ1) is 12.0. The van der Waals surface area contributed by atoms with Crippen LogP contribution in [0.2, 0.25) is 0 Å². The van der Waals surface area contributed by atoms with E-state index >= 15 is 0 Å². The molecule has 1 N–H and O–H groups in total. The van der Waals surface area contributed by atoms with Gasteiger partial charge in [0.1, 0.15) is 0 Å². The maximum absolute atomic E-state index is 12.1. The summed E-state index contributed by atoms with van der Waals surface area (Å²) < 4.78 is 0. The summed E-state index contributed by atoms with van der Waals surface area (Å²) in [4.78, 5) is 25.8. The minimum Gasteiger partial charge on any atom is -0.323 e. The van der Waals surface area contributed by atoms with Gasteiger partial charge in [-0.15, -0.1) is 0 Å². The average Bonchev–Trinajstić information content (AvgIpc) is 3.00. The number of benzene rings is 2. The Labute approximate surface area is 148 Å². The van der Waals surface area contributed by atoms with Crippen LogP contribution >= 0.6 is 0 Å². The smallest absolute Gasteiger partial charge is 0.248 e. The van der Waals surface area contributed by atoms with Gasteiger partial charge in [0.15, 0.2) is 0 Å². The highest BCUT2D eigenvalue weighted by molar-refractivity contribution is 6.02. The third-order valence-corrected chi connectivity index (χ3v) is 4.43. The van der Waals surface area contributed by atoms with E-state index in [0.29, 0.717) is 6.42 Å². The van der Waals surface area contributed by atoms with Gasteiger partial charge in [-0.1, -0.05) is 24.3 Å². The van der Waals surface area contributed by atoms with E-state index < -0.39 is 0 Å². The van der Waals surface area contributed by atoms with Crippen LogP contribution in [0.5, 0.6) is 0 Å². The van der Waals surface area contributed by atoms with Crippen molar-refractivity contribution >= 4 is 29.3 Å². The summed E-state index contributed by atoms with van der Waals surface area (Å²) in [5.74, 6) is -0.00583. The molecule has 2 aromatic carbocycles. The Morgan fingerprint density at radius 2 is 1.92 bits per heavy atom. The molecule has 2 aromatic rings. The average molecular weight is 334 g/mol. The number of hydrogen-bond donors (Lipinski definition) is 1. The number of nitrogens with zero attached hydrogens (tertiary/aromatic N) is 1. The largest absolute Gasteiger partial charge is 0.323 e. The maximum atomic E-state index is 12.1. The number of amides is 2. The minimum atomic E-state index is -0.173. The Morgan fingerprint density at radius 3 is 2.60 bits per heavy atom. The molecule has 0 atom stereocenters. The Morgan fingerprint density at radius 1 is 1.12 bits per heavy atom. The van der Waals surface area contributed by atoms with Crippen LogP contribution in [-0.2, 0) is 9.59 Å². The molecular formula is C21H22N2O2. The topological polar surface area (TPSA) is 49.4 Å². The molecule has 0 unspecified atom stereocenters. The second kappa shape index (κ2) is 7.34. The van der Waals surface area contributed by atoms with E-state index in [1.165, 1.54) is 6.08 Å². The SMILES string of the molecule is Cc1ccccc1/C=C/C(=O)Nc1ccc(N2CCCC2=O)c(C)c1. The number of aryl methyl sites for hydroxylation is 2. The van der Waals surface area contributed by atoms with Gasteiger partial charge >= 0.3 is 0 Å². The lowest BCUT2D eigenvalue weighted by molar-refractivity contribution is -0.117. The number of carbonyl (C=O) groups excluding carboxylic acids is 2. The monoisotopic (exact) mass is 334 g/mol. The molecule has 1 aliphatic heterocycles. The normalized spacial score (nSPS) is 14.3. The van der Waals surface area contributed by atoms with Crippen LogP contribution in [0, 0.1) is 13.8 Å². The maximum Gasteiger partial charge on any atom is 0.248 e. The first kappa shape index (κ1) is 17.0. The van der Waals surface area contributed by atoms with Crippen molar-refractivity contribution in [3.63, 3.8) is 0 Å². The van der Waals surface area contributed by atoms with Crippen molar-refractivity contribution in [2.75, 3.05) is 16.8 Å². The highest BCUT2D eigenvalue weighted by atomic mass is 16.2. The molecular weight excluding hydrogens is 312 g/mol. The van der Waals surface area contributed by atoms with Crippen LogP contribution in [0.3, 0.4) is 0 Å². The van der Waals surface area contributed by atoms with Gasteiger partial charge in [0.05, 0.1) is 0 Å². The van der Waals surface area contributed by atoms with E-state index in [4.69, 9.17) is 0 Å². The third-order valence-electron chi connectivity index (χ3n) is 4.43. The van der Waals surface area contributed by atoms with Gasteiger partial charge in [0, 0.05) is 30.4 Å². The molecule has 4 nitrogen and oxygen atoms in total. The lowest BCUT2D eigenvalue weighted by atomic mass is 10.1. The van der Waals surface area contributed by atoms with Crippen LogP contribution in [-0.4, -0.2) is 18.4 Å². The van der Waals surface area contributed by atoms with Gasteiger partial charge in [-0.3, -0.25) is 9.59 Å². The number of anilines is 2. The zero-order valence-electron chi connectivity index (χ0n) is 14.6. The molecule has 1 fully saturated rings. The van der Waals surface area contributed by atoms with Crippen molar-refractivity contribution < 1.29 is 9.59 Å².